The maximum atomic E-state index is 2.23. The molecule has 1 heteroatoms. The summed E-state index contributed by atoms with van der Waals surface area (Å²) in [4.78, 5) is 0. The van der Waals surface area contributed by atoms with Crippen molar-refractivity contribution >= 4 is 16.8 Å². The van der Waals surface area contributed by atoms with Crippen molar-refractivity contribution in [2.75, 3.05) is 0 Å². The molecule has 0 spiro atoms. The fourth-order valence-corrected chi connectivity index (χ4v) is 2.07. The average molecular weight is 262 g/mol. The Morgan fingerprint density at radius 1 is 0.929 bits per heavy atom. The zero-order valence-corrected chi connectivity index (χ0v) is 9.74. The van der Waals surface area contributed by atoms with Crippen LogP contribution in [0.25, 0.3) is 16.8 Å². The Labute approximate surface area is 97.9 Å². The summed E-state index contributed by atoms with van der Waals surface area (Å²) in [6, 6.07) is 13.0. The molecule has 0 fully saturated rings. The van der Waals surface area contributed by atoms with Crippen LogP contribution in [-0.4, -0.2) is 0 Å². The van der Waals surface area contributed by atoms with Crippen molar-refractivity contribution in [1.82, 2.24) is 0 Å². The first-order valence-electron chi connectivity index (χ1n) is 4.62. The van der Waals surface area contributed by atoms with Gasteiger partial charge in [-0.2, -0.15) is 0 Å². The molecule has 2 aromatic rings. The van der Waals surface area contributed by atoms with Gasteiger partial charge in [-0.05, 0) is 28.3 Å². The molecule has 3 rings (SSSR count). The third kappa shape index (κ3) is 1.35. The smallest absolute Gasteiger partial charge is 0 e. The fraction of sp³-hybridized carbons (Fsp3) is 0.0769. The molecule has 0 bridgehead atoms. The molecule has 14 heavy (non-hydrogen) atoms. The maximum Gasteiger partial charge on any atom is 0 e. The van der Waals surface area contributed by atoms with Crippen LogP contribution in [0.1, 0.15) is 11.1 Å². The molecule has 0 heterocycles. The Hall–Kier alpha value is -0.872. The first-order valence-corrected chi connectivity index (χ1v) is 4.62. The average Bonchev–Trinajstić information content (AvgIpc) is 2.19. The second-order valence-corrected chi connectivity index (χ2v) is 3.47. The molecule has 0 aliphatic heterocycles. The zero-order valence-electron chi connectivity index (χ0n) is 7.73. The number of hydrogen-bond acceptors (Lipinski definition) is 0. The molecule has 0 amide bonds. The summed E-state index contributed by atoms with van der Waals surface area (Å²) in [6.07, 6.45) is 5.53. The summed E-state index contributed by atoms with van der Waals surface area (Å²) < 4.78 is 0. The summed E-state index contributed by atoms with van der Waals surface area (Å²) in [6.45, 7) is 0. The van der Waals surface area contributed by atoms with Crippen LogP contribution in [0.5, 0.6) is 0 Å². The van der Waals surface area contributed by atoms with E-state index in [9.17, 15) is 0 Å². The van der Waals surface area contributed by atoms with E-state index in [1.165, 1.54) is 21.9 Å². The number of allylic oxidation sites excluding steroid dienone is 1. The van der Waals surface area contributed by atoms with E-state index in [4.69, 9.17) is 0 Å². The maximum absolute atomic E-state index is 2.23. The standard InChI is InChI=1S/C13H10.Mo/c1-4-10-6-2-8-12-9-3-7-11(5-1)13(10)12;/h1-8H,9H2;. The molecule has 0 nitrogen and oxygen atoms in total. The molecule has 1 aliphatic carbocycles. The van der Waals surface area contributed by atoms with Gasteiger partial charge in [0, 0.05) is 21.1 Å². The molecular weight excluding hydrogens is 252 g/mol. The molecule has 68 valence electrons. The Morgan fingerprint density at radius 3 is 2.57 bits per heavy atom. The van der Waals surface area contributed by atoms with Gasteiger partial charge >= 0.3 is 0 Å². The van der Waals surface area contributed by atoms with E-state index in [1.807, 2.05) is 0 Å². The summed E-state index contributed by atoms with van der Waals surface area (Å²) in [5, 5.41) is 2.80. The number of hydrogen-bond donors (Lipinski definition) is 0. The Kier molecular flexibility index (Phi) is 2.56. The first-order chi connectivity index (χ1) is 6.45. The van der Waals surface area contributed by atoms with Gasteiger partial charge in [-0.25, -0.2) is 0 Å². The van der Waals surface area contributed by atoms with Gasteiger partial charge in [0.1, 0.15) is 0 Å². The second kappa shape index (κ2) is 3.71. The summed E-state index contributed by atoms with van der Waals surface area (Å²) >= 11 is 0. The minimum absolute atomic E-state index is 0. The van der Waals surface area contributed by atoms with Crippen LogP contribution in [0.4, 0.5) is 0 Å². The molecule has 0 radical (unpaired) electrons. The van der Waals surface area contributed by atoms with Crippen LogP contribution >= 0.6 is 0 Å². The van der Waals surface area contributed by atoms with E-state index >= 15 is 0 Å². The first kappa shape index (κ1) is 9.67. The van der Waals surface area contributed by atoms with Crippen molar-refractivity contribution in [2.45, 2.75) is 6.42 Å². The van der Waals surface area contributed by atoms with Gasteiger partial charge in [0.05, 0.1) is 0 Å². The fourth-order valence-electron chi connectivity index (χ4n) is 2.07. The van der Waals surface area contributed by atoms with Gasteiger partial charge in [-0.3, -0.25) is 0 Å². The van der Waals surface area contributed by atoms with Crippen LogP contribution in [0.3, 0.4) is 0 Å². The number of benzene rings is 2. The summed E-state index contributed by atoms with van der Waals surface area (Å²) in [7, 11) is 0. The third-order valence-electron chi connectivity index (χ3n) is 2.66. The minimum Gasteiger partial charge on any atom is -0.0795 e. The quantitative estimate of drug-likeness (QED) is 0.638. The van der Waals surface area contributed by atoms with Crippen LogP contribution in [0.2, 0.25) is 0 Å². The predicted molar refractivity (Wildman–Crippen MR) is 56.7 cm³/mol. The molecule has 1 aliphatic rings. The SMILES string of the molecule is C1=Cc2cccc3cccc(c23)C1.[Mo]. The molecule has 0 saturated heterocycles. The largest absolute Gasteiger partial charge is 0.0795 e. The van der Waals surface area contributed by atoms with Crippen LogP contribution < -0.4 is 0 Å². The summed E-state index contributed by atoms with van der Waals surface area (Å²) in [5.74, 6) is 0. The predicted octanol–water partition coefficient (Wildman–Crippen LogP) is 3.41. The molecule has 0 N–H and O–H groups in total. The molecule has 0 aromatic heterocycles. The van der Waals surface area contributed by atoms with Crippen molar-refractivity contribution in [3.05, 3.63) is 53.6 Å². The minimum atomic E-state index is 0. The van der Waals surface area contributed by atoms with Crippen LogP contribution in [0, 0.1) is 0 Å². The van der Waals surface area contributed by atoms with Gasteiger partial charge in [0.25, 0.3) is 0 Å². The number of rotatable bonds is 0. The molecular formula is C13H10Mo. The van der Waals surface area contributed by atoms with Crippen molar-refractivity contribution in [3.63, 3.8) is 0 Å². The van der Waals surface area contributed by atoms with Crippen molar-refractivity contribution in [2.24, 2.45) is 0 Å². The van der Waals surface area contributed by atoms with E-state index in [2.05, 4.69) is 48.6 Å². The van der Waals surface area contributed by atoms with Crippen molar-refractivity contribution in [1.29, 1.82) is 0 Å². The van der Waals surface area contributed by atoms with E-state index in [0.29, 0.717) is 0 Å². The van der Waals surface area contributed by atoms with Gasteiger partial charge in [0.15, 0.2) is 0 Å². The van der Waals surface area contributed by atoms with E-state index in [0.717, 1.165) is 6.42 Å². The molecule has 0 saturated carbocycles. The molecule has 0 unspecified atom stereocenters. The van der Waals surface area contributed by atoms with Crippen molar-refractivity contribution in [3.8, 4) is 0 Å². The van der Waals surface area contributed by atoms with Gasteiger partial charge in [0.2, 0.25) is 0 Å². The Bertz CT molecular complexity index is 492. The topological polar surface area (TPSA) is 0 Å². The zero-order chi connectivity index (χ0) is 8.67. The third-order valence-corrected chi connectivity index (χ3v) is 2.66. The van der Waals surface area contributed by atoms with E-state index in [-0.39, 0.29) is 21.1 Å². The summed E-state index contributed by atoms with van der Waals surface area (Å²) in [5.41, 5.74) is 2.81. The van der Waals surface area contributed by atoms with Crippen LogP contribution in [0.15, 0.2) is 42.5 Å². The van der Waals surface area contributed by atoms with Crippen LogP contribution in [-0.2, 0) is 27.5 Å². The van der Waals surface area contributed by atoms with Gasteiger partial charge in [-0.15, -0.1) is 0 Å². The van der Waals surface area contributed by atoms with Gasteiger partial charge in [-0.1, -0.05) is 48.6 Å². The van der Waals surface area contributed by atoms with E-state index < -0.39 is 0 Å². The Morgan fingerprint density at radius 2 is 1.71 bits per heavy atom. The Balaban J connectivity index is 0.000000750. The second-order valence-electron chi connectivity index (χ2n) is 3.47. The normalized spacial score (nSPS) is 12.6. The molecule has 2 aromatic carbocycles. The molecule has 0 atom stereocenters. The van der Waals surface area contributed by atoms with Gasteiger partial charge < -0.3 is 0 Å². The van der Waals surface area contributed by atoms with Crippen molar-refractivity contribution < 1.29 is 21.1 Å². The monoisotopic (exact) mass is 264 g/mol. The van der Waals surface area contributed by atoms with E-state index in [1.54, 1.807) is 0 Å².